The van der Waals surface area contributed by atoms with Gasteiger partial charge in [-0.2, -0.15) is 5.10 Å². The lowest BCUT2D eigenvalue weighted by Crippen LogP contribution is -2.28. The molecule has 0 aliphatic rings. The number of rotatable bonds is 5. The van der Waals surface area contributed by atoms with Crippen LogP contribution >= 0.6 is 11.3 Å². The van der Waals surface area contributed by atoms with Gasteiger partial charge in [0.1, 0.15) is 4.83 Å². The average Bonchev–Trinajstić information content (AvgIpc) is 3.13. The predicted molar refractivity (Wildman–Crippen MR) is 97.6 cm³/mol. The molecule has 1 aromatic carbocycles. The molecule has 2 aromatic heterocycles. The van der Waals surface area contributed by atoms with Crippen molar-refractivity contribution in [2.45, 2.75) is 20.3 Å². The van der Waals surface area contributed by atoms with Crippen molar-refractivity contribution < 1.29 is 14.7 Å². The summed E-state index contributed by atoms with van der Waals surface area (Å²) in [5, 5.41) is 14.3. The van der Waals surface area contributed by atoms with Gasteiger partial charge in [0.25, 0.3) is 5.91 Å². The van der Waals surface area contributed by atoms with Gasteiger partial charge in [-0.1, -0.05) is 18.2 Å². The Morgan fingerprint density at radius 2 is 2.00 bits per heavy atom. The number of carboxylic acids is 1. The number of amides is 1. The Hall–Kier alpha value is -2.67. The Bertz CT molecular complexity index is 958. The maximum atomic E-state index is 12.6. The van der Waals surface area contributed by atoms with Crippen LogP contribution in [0, 0.1) is 13.8 Å². The fourth-order valence-corrected chi connectivity index (χ4v) is 3.84. The van der Waals surface area contributed by atoms with Gasteiger partial charge < -0.3 is 10.0 Å². The van der Waals surface area contributed by atoms with Crippen LogP contribution in [0.3, 0.4) is 0 Å². The van der Waals surface area contributed by atoms with Gasteiger partial charge in [0, 0.05) is 19.0 Å². The van der Waals surface area contributed by atoms with E-state index in [4.69, 9.17) is 5.11 Å². The summed E-state index contributed by atoms with van der Waals surface area (Å²) < 4.78 is 1.87. The number of fused-ring (bicyclic) bond motifs is 1. The van der Waals surface area contributed by atoms with Crippen molar-refractivity contribution in [1.29, 1.82) is 0 Å². The number of aromatic nitrogens is 2. The number of hydrogen-bond acceptors (Lipinski definition) is 4. The minimum absolute atomic E-state index is 0.0663. The van der Waals surface area contributed by atoms with Crippen LogP contribution in [0.25, 0.3) is 15.9 Å². The molecule has 6 nitrogen and oxygen atoms in total. The number of thiophene rings is 1. The molecule has 130 valence electrons. The highest BCUT2D eigenvalue weighted by Crippen LogP contribution is 2.31. The third-order valence-corrected chi connectivity index (χ3v) is 5.21. The van der Waals surface area contributed by atoms with Crippen molar-refractivity contribution in [1.82, 2.24) is 14.7 Å². The molecule has 0 saturated heterocycles. The van der Waals surface area contributed by atoms with Gasteiger partial charge in [-0.25, -0.2) is 4.68 Å². The Morgan fingerprint density at radius 1 is 1.28 bits per heavy atom. The SMILES string of the molecule is Cc1ccccc1-n1nc(C)c2cc(C(=O)N(C)CCC(=O)O)sc21. The maximum Gasteiger partial charge on any atom is 0.305 e. The minimum Gasteiger partial charge on any atom is -0.481 e. The lowest BCUT2D eigenvalue weighted by molar-refractivity contribution is -0.137. The number of hydrogen-bond donors (Lipinski definition) is 1. The first-order chi connectivity index (χ1) is 11.9. The zero-order valence-corrected chi connectivity index (χ0v) is 15.1. The molecule has 0 saturated carbocycles. The number of benzene rings is 1. The highest BCUT2D eigenvalue weighted by molar-refractivity contribution is 7.20. The van der Waals surface area contributed by atoms with Crippen LogP contribution in [0.1, 0.15) is 27.3 Å². The number of para-hydroxylation sites is 1. The van der Waals surface area contributed by atoms with Gasteiger partial charge >= 0.3 is 5.97 Å². The molecule has 0 radical (unpaired) electrons. The third-order valence-electron chi connectivity index (χ3n) is 4.11. The van der Waals surface area contributed by atoms with Crippen molar-refractivity contribution in [3.63, 3.8) is 0 Å². The maximum absolute atomic E-state index is 12.6. The molecular weight excluding hydrogens is 338 g/mol. The number of carbonyl (C=O) groups is 2. The van der Waals surface area contributed by atoms with E-state index in [1.807, 2.05) is 48.9 Å². The first-order valence-electron chi connectivity index (χ1n) is 7.91. The molecule has 25 heavy (non-hydrogen) atoms. The van der Waals surface area contributed by atoms with E-state index in [9.17, 15) is 9.59 Å². The molecule has 0 atom stereocenters. The van der Waals surface area contributed by atoms with Gasteiger partial charge in [0.15, 0.2) is 0 Å². The lowest BCUT2D eigenvalue weighted by Gasteiger charge is -2.14. The molecule has 0 unspecified atom stereocenters. The molecule has 0 aliphatic carbocycles. The van der Waals surface area contributed by atoms with Gasteiger partial charge in [0.05, 0.1) is 22.7 Å². The van der Waals surface area contributed by atoms with Crippen LogP contribution in [0.15, 0.2) is 30.3 Å². The van der Waals surface area contributed by atoms with E-state index in [1.165, 1.54) is 16.2 Å². The van der Waals surface area contributed by atoms with E-state index in [2.05, 4.69) is 5.10 Å². The van der Waals surface area contributed by atoms with E-state index in [0.717, 1.165) is 27.2 Å². The quantitative estimate of drug-likeness (QED) is 0.760. The molecule has 3 aromatic rings. The van der Waals surface area contributed by atoms with Crippen molar-refractivity contribution in [3.05, 3.63) is 46.5 Å². The summed E-state index contributed by atoms with van der Waals surface area (Å²) in [5.41, 5.74) is 2.95. The van der Waals surface area contributed by atoms with Crippen LogP contribution in [0.4, 0.5) is 0 Å². The number of aliphatic carboxylic acids is 1. The van der Waals surface area contributed by atoms with E-state index >= 15 is 0 Å². The van der Waals surface area contributed by atoms with Gasteiger partial charge in [0.2, 0.25) is 0 Å². The minimum atomic E-state index is -0.915. The molecule has 2 heterocycles. The Kier molecular flexibility index (Phi) is 4.59. The first-order valence-corrected chi connectivity index (χ1v) is 8.72. The van der Waals surface area contributed by atoms with Crippen LogP contribution in [-0.4, -0.2) is 45.3 Å². The van der Waals surface area contributed by atoms with Crippen LogP contribution < -0.4 is 0 Å². The molecule has 0 aliphatic heterocycles. The molecule has 7 heteroatoms. The van der Waals surface area contributed by atoms with Crippen molar-refractivity contribution in [2.75, 3.05) is 13.6 Å². The molecule has 0 bridgehead atoms. The summed E-state index contributed by atoms with van der Waals surface area (Å²) in [4.78, 5) is 26.2. The van der Waals surface area contributed by atoms with E-state index < -0.39 is 5.97 Å². The highest BCUT2D eigenvalue weighted by atomic mass is 32.1. The summed E-state index contributed by atoms with van der Waals surface area (Å²) >= 11 is 1.38. The summed E-state index contributed by atoms with van der Waals surface area (Å²) in [7, 11) is 1.62. The second-order valence-electron chi connectivity index (χ2n) is 5.98. The molecule has 1 amide bonds. The van der Waals surface area contributed by atoms with Crippen LogP contribution in [0.5, 0.6) is 0 Å². The van der Waals surface area contributed by atoms with Gasteiger partial charge in [-0.05, 0) is 31.5 Å². The standard InChI is InChI=1S/C18H19N3O3S/c1-11-6-4-5-7-14(11)21-18-13(12(2)19-21)10-15(25-18)17(24)20(3)9-8-16(22)23/h4-7,10H,8-9H2,1-3H3,(H,22,23). The molecular formula is C18H19N3O3S. The fourth-order valence-electron chi connectivity index (χ4n) is 2.67. The summed E-state index contributed by atoms with van der Waals surface area (Å²) in [5.74, 6) is -1.08. The molecule has 0 fully saturated rings. The smallest absolute Gasteiger partial charge is 0.305 e. The Balaban J connectivity index is 1.98. The topological polar surface area (TPSA) is 75.4 Å². The summed E-state index contributed by atoms with van der Waals surface area (Å²) in [6.45, 7) is 4.13. The molecule has 3 rings (SSSR count). The van der Waals surface area contributed by atoms with Gasteiger partial charge in [-0.3, -0.25) is 9.59 Å². The second kappa shape index (κ2) is 6.68. The number of aryl methyl sites for hydroxylation is 2. The average molecular weight is 357 g/mol. The van der Waals surface area contributed by atoms with Gasteiger partial charge in [-0.15, -0.1) is 11.3 Å². The summed E-state index contributed by atoms with van der Waals surface area (Å²) in [6.07, 6.45) is -0.0663. The fraction of sp³-hybridized carbons (Fsp3) is 0.278. The first kappa shape index (κ1) is 17.2. The monoisotopic (exact) mass is 357 g/mol. The predicted octanol–water partition coefficient (Wildman–Crippen LogP) is 3.25. The Morgan fingerprint density at radius 3 is 2.68 bits per heavy atom. The normalized spacial score (nSPS) is 11.0. The van der Waals surface area contributed by atoms with Crippen LogP contribution in [-0.2, 0) is 4.79 Å². The van der Waals surface area contributed by atoms with Crippen molar-refractivity contribution in [3.8, 4) is 5.69 Å². The Labute approximate surface area is 149 Å². The number of carbonyl (C=O) groups excluding carboxylic acids is 1. The highest BCUT2D eigenvalue weighted by Gasteiger charge is 2.20. The second-order valence-corrected chi connectivity index (χ2v) is 7.01. The third kappa shape index (κ3) is 3.28. The molecule has 1 N–H and O–H groups in total. The van der Waals surface area contributed by atoms with E-state index in [0.29, 0.717) is 4.88 Å². The zero-order valence-electron chi connectivity index (χ0n) is 14.3. The van der Waals surface area contributed by atoms with Crippen molar-refractivity contribution in [2.24, 2.45) is 0 Å². The van der Waals surface area contributed by atoms with Crippen LogP contribution in [0.2, 0.25) is 0 Å². The van der Waals surface area contributed by atoms with E-state index in [1.54, 1.807) is 7.05 Å². The number of nitrogens with zero attached hydrogens (tertiary/aromatic N) is 3. The number of carboxylic acid groups (broad SMARTS) is 1. The zero-order chi connectivity index (χ0) is 18.1. The lowest BCUT2D eigenvalue weighted by atomic mass is 10.2. The summed E-state index contributed by atoms with van der Waals surface area (Å²) in [6, 6.07) is 9.81. The van der Waals surface area contributed by atoms with E-state index in [-0.39, 0.29) is 18.9 Å². The largest absolute Gasteiger partial charge is 0.481 e. The van der Waals surface area contributed by atoms with Crippen molar-refractivity contribution >= 4 is 33.4 Å². The molecule has 0 spiro atoms.